The molecule has 2 unspecified atom stereocenters. The maximum Gasteiger partial charge on any atom is 0.327 e. The largest absolute Gasteiger partial charge is 0.480 e. The van der Waals surface area contributed by atoms with Gasteiger partial charge in [-0.2, -0.15) is 0 Å². The number of rotatable bonds is 2. The first-order valence-electron chi connectivity index (χ1n) is 4.71. The molecule has 6 heteroatoms. The van der Waals surface area contributed by atoms with Gasteiger partial charge in [-0.3, -0.25) is 4.79 Å². The third-order valence-corrected chi connectivity index (χ3v) is 4.36. The number of carbonyl (C=O) groups is 2. The van der Waals surface area contributed by atoms with Crippen molar-refractivity contribution in [2.75, 3.05) is 0 Å². The minimum atomic E-state index is -1.02. The van der Waals surface area contributed by atoms with Crippen LogP contribution in [0.5, 0.6) is 0 Å². The lowest BCUT2D eigenvalue weighted by Crippen LogP contribution is -2.44. The molecule has 2 heterocycles. The van der Waals surface area contributed by atoms with Crippen molar-refractivity contribution in [3.05, 3.63) is 21.3 Å². The molecule has 1 saturated heterocycles. The summed E-state index contributed by atoms with van der Waals surface area (Å²) in [5.41, 5.74) is -0.708. The van der Waals surface area contributed by atoms with Crippen LogP contribution in [-0.4, -0.2) is 23.0 Å². The lowest BCUT2D eigenvalue weighted by atomic mass is 9.81. The third-order valence-electron chi connectivity index (χ3n) is 2.85. The van der Waals surface area contributed by atoms with Crippen LogP contribution in [0.2, 0.25) is 4.34 Å². The van der Waals surface area contributed by atoms with Crippen LogP contribution in [0.15, 0.2) is 12.1 Å². The molecule has 1 fully saturated rings. The molecule has 4 nitrogen and oxygen atoms in total. The number of halogens is 1. The van der Waals surface area contributed by atoms with Gasteiger partial charge in [0, 0.05) is 16.7 Å². The van der Waals surface area contributed by atoms with Crippen molar-refractivity contribution in [1.82, 2.24) is 5.32 Å². The zero-order chi connectivity index (χ0) is 11.9. The summed E-state index contributed by atoms with van der Waals surface area (Å²) in [6.07, 6.45) is 0.181. The normalized spacial score (nSPS) is 29.1. The lowest BCUT2D eigenvalue weighted by Gasteiger charge is -2.25. The Morgan fingerprint density at radius 2 is 2.38 bits per heavy atom. The summed E-state index contributed by atoms with van der Waals surface area (Å²) >= 11 is 7.15. The molecule has 2 rings (SSSR count). The van der Waals surface area contributed by atoms with Crippen molar-refractivity contribution in [2.45, 2.75) is 24.8 Å². The van der Waals surface area contributed by atoms with Gasteiger partial charge in [0.15, 0.2) is 0 Å². The first kappa shape index (κ1) is 11.4. The second kappa shape index (κ2) is 3.75. The van der Waals surface area contributed by atoms with Gasteiger partial charge in [0.2, 0.25) is 5.91 Å². The van der Waals surface area contributed by atoms with Gasteiger partial charge in [-0.25, -0.2) is 4.79 Å². The molecule has 86 valence electrons. The molecule has 0 aliphatic carbocycles. The number of nitrogens with one attached hydrogen (secondary N) is 1. The van der Waals surface area contributed by atoms with E-state index in [9.17, 15) is 9.59 Å². The fraction of sp³-hybridized carbons (Fsp3) is 0.400. The van der Waals surface area contributed by atoms with E-state index in [4.69, 9.17) is 16.7 Å². The molecule has 1 aliphatic heterocycles. The van der Waals surface area contributed by atoms with Gasteiger partial charge in [0.05, 0.1) is 4.34 Å². The summed E-state index contributed by atoms with van der Waals surface area (Å²) in [5, 5.41) is 11.6. The van der Waals surface area contributed by atoms with Crippen molar-refractivity contribution in [2.24, 2.45) is 0 Å². The van der Waals surface area contributed by atoms with Crippen molar-refractivity contribution in [1.29, 1.82) is 0 Å². The second-order valence-corrected chi connectivity index (χ2v) is 5.75. The molecular formula is C10H10ClNO3S. The number of amides is 1. The monoisotopic (exact) mass is 259 g/mol. The van der Waals surface area contributed by atoms with Gasteiger partial charge in [-0.1, -0.05) is 18.5 Å². The van der Waals surface area contributed by atoms with E-state index >= 15 is 0 Å². The molecule has 0 bridgehead atoms. The summed E-state index contributed by atoms with van der Waals surface area (Å²) in [7, 11) is 0. The second-order valence-electron chi connectivity index (χ2n) is 4.04. The van der Waals surface area contributed by atoms with Crippen LogP contribution in [0.4, 0.5) is 0 Å². The molecule has 1 aromatic rings. The van der Waals surface area contributed by atoms with E-state index in [0.29, 0.717) is 4.34 Å². The molecule has 2 atom stereocenters. The van der Waals surface area contributed by atoms with Gasteiger partial charge < -0.3 is 10.4 Å². The Hall–Kier alpha value is -1.07. The lowest BCUT2D eigenvalue weighted by molar-refractivity contribution is -0.141. The van der Waals surface area contributed by atoms with Crippen LogP contribution in [-0.2, 0) is 15.0 Å². The Balaban J connectivity index is 2.42. The van der Waals surface area contributed by atoms with E-state index < -0.39 is 17.4 Å². The maximum atomic E-state index is 11.4. The van der Waals surface area contributed by atoms with Crippen LogP contribution < -0.4 is 5.32 Å². The zero-order valence-electron chi connectivity index (χ0n) is 8.49. The Bertz CT molecular complexity index is 459. The fourth-order valence-corrected chi connectivity index (χ4v) is 3.21. The van der Waals surface area contributed by atoms with Crippen LogP contribution in [0, 0.1) is 0 Å². The van der Waals surface area contributed by atoms with E-state index in [-0.39, 0.29) is 12.3 Å². The Morgan fingerprint density at radius 3 is 2.88 bits per heavy atom. The van der Waals surface area contributed by atoms with Crippen molar-refractivity contribution in [3.63, 3.8) is 0 Å². The minimum absolute atomic E-state index is 0.181. The van der Waals surface area contributed by atoms with Crippen molar-refractivity contribution >= 4 is 34.8 Å². The molecular weight excluding hydrogens is 250 g/mol. The number of aliphatic carboxylic acids is 1. The predicted octanol–water partition coefficient (Wildman–Crippen LogP) is 1.63. The Morgan fingerprint density at radius 1 is 1.69 bits per heavy atom. The maximum absolute atomic E-state index is 11.4. The van der Waals surface area contributed by atoms with Crippen molar-refractivity contribution in [3.8, 4) is 0 Å². The highest BCUT2D eigenvalue weighted by molar-refractivity contribution is 7.16. The molecule has 0 saturated carbocycles. The van der Waals surface area contributed by atoms with Crippen LogP contribution in [0.25, 0.3) is 0 Å². The highest BCUT2D eigenvalue weighted by Gasteiger charge is 2.49. The molecule has 16 heavy (non-hydrogen) atoms. The van der Waals surface area contributed by atoms with Gasteiger partial charge in [-0.15, -0.1) is 11.3 Å². The number of carboxylic acids is 1. The fourth-order valence-electron chi connectivity index (χ4n) is 1.99. The molecule has 2 N–H and O–H groups in total. The number of carbonyl (C=O) groups excluding carboxylic acids is 1. The smallest absolute Gasteiger partial charge is 0.327 e. The number of hydrogen-bond acceptors (Lipinski definition) is 3. The van der Waals surface area contributed by atoms with Crippen LogP contribution in [0.3, 0.4) is 0 Å². The highest BCUT2D eigenvalue weighted by Crippen LogP contribution is 2.40. The van der Waals surface area contributed by atoms with Crippen molar-refractivity contribution < 1.29 is 14.7 Å². The SMILES string of the molecule is CC1(c2ccc(Cl)s2)CC(=O)NC1C(=O)O. The molecule has 1 aromatic heterocycles. The molecule has 0 spiro atoms. The Labute approximate surface area is 101 Å². The predicted molar refractivity (Wildman–Crippen MR) is 60.9 cm³/mol. The summed E-state index contributed by atoms with van der Waals surface area (Å²) < 4.78 is 0.597. The van der Waals surface area contributed by atoms with Gasteiger partial charge in [0.1, 0.15) is 6.04 Å². The number of carboxylic acid groups (broad SMARTS) is 1. The van der Waals surface area contributed by atoms with Gasteiger partial charge >= 0.3 is 5.97 Å². The Kier molecular flexibility index (Phi) is 2.67. The summed E-state index contributed by atoms with van der Waals surface area (Å²) in [4.78, 5) is 23.3. The summed E-state index contributed by atoms with van der Waals surface area (Å²) in [6.45, 7) is 1.77. The molecule has 0 aromatic carbocycles. The van der Waals surface area contributed by atoms with Gasteiger partial charge in [0.25, 0.3) is 0 Å². The van der Waals surface area contributed by atoms with E-state index in [1.54, 1.807) is 19.1 Å². The summed E-state index contributed by atoms with van der Waals surface area (Å²) in [5.74, 6) is -1.25. The first-order chi connectivity index (χ1) is 7.43. The van der Waals surface area contributed by atoms with E-state index in [1.165, 1.54) is 11.3 Å². The minimum Gasteiger partial charge on any atom is -0.480 e. The first-order valence-corrected chi connectivity index (χ1v) is 5.91. The number of thiophene rings is 1. The molecule has 1 amide bonds. The number of hydrogen-bond donors (Lipinski definition) is 2. The highest BCUT2D eigenvalue weighted by atomic mass is 35.5. The third kappa shape index (κ3) is 1.70. The summed E-state index contributed by atoms with van der Waals surface area (Å²) in [6, 6.07) is 2.62. The quantitative estimate of drug-likeness (QED) is 0.848. The van der Waals surface area contributed by atoms with Crippen LogP contribution >= 0.6 is 22.9 Å². The molecule has 1 aliphatic rings. The average Bonchev–Trinajstić information content (AvgIpc) is 2.71. The van der Waals surface area contributed by atoms with Crippen LogP contribution in [0.1, 0.15) is 18.2 Å². The van der Waals surface area contributed by atoms with E-state index in [2.05, 4.69) is 5.32 Å². The molecule has 0 radical (unpaired) electrons. The van der Waals surface area contributed by atoms with E-state index in [0.717, 1.165) is 4.88 Å². The standard InChI is InChI=1S/C10H10ClNO3S/c1-10(5-2-3-6(11)16-5)4-7(13)12-8(10)9(14)15/h2-3,8H,4H2,1H3,(H,12,13)(H,14,15). The average molecular weight is 260 g/mol. The zero-order valence-corrected chi connectivity index (χ0v) is 10.1. The topological polar surface area (TPSA) is 66.4 Å². The van der Waals surface area contributed by atoms with E-state index in [1.807, 2.05) is 0 Å². The van der Waals surface area contributed by atoms with Gasteiger partial charge in [-0.05, 0) is 12.1 Å².